The molecule has 1 aliphatic rings. The van der Waals surface area contributed by atoms with E-state index in [4.69, 9.17) is 16.6 Å². The number of nitrogens with zero attached hydrogens (tertiary/aromatic N) is 1. The summed E-state index contributed by atoms with van der Waals surface area (Å²) in [6.07, 6.45) is 3.59. The number of pyridine rings is 1. The van der Waals surface area contributed by atoms with Gasteiger partial charge in [0.05, 0.1) is 5.52 Å². The minimum Gasteiger partial charge on any atom is -0.367 e. The maximum atomic E-state index is 13.5. The van der Waals surface area contributed by atoms with Gasteiger partial charge < -0.3 is 10.6 Å². The molecule has 1 aliphatic carbocycles. The molecule has 1 saturated carbocycles. The number of hydrogen-bond acceptors (Lipinski definition) is 3. The van der Waals surface area contributed by atoms with Crippen molar-refractivity contribution in [2.75, 3.05) is 5.32 Å². The van der Waals surface area contributed by atoms with Crippen molar-refractivity contribution < 1.29 is 9.18 Å². The summed E-state index contributed by atoms with van der Waals surface area (Å²) in [6.45, 7) is 2.10. The summed E-state index contributed by atoms with van der Waals surface area (Å²) in [5, 5.41) is 7.93. The van der Waals surface area contributed by atoms with Crippen molar-refractivity contribution in [2.24, 2.45) is 0 Å². The standard InChI is InChI=1S/C23H23ClFN3O.ClH/c1-14-10-22(28-21-5-3-2-4-20(14)21)26-18-6-8-19(9-7-18)27-23(29)15-11-16(24)13-17(25)12-15;/h2-5,10-13,18-19H,6-9H2,1H3,(H,26,28)(H,27,29);1H/t18-,19+;. The molecule has 0 radical (unpaired) electrons. The zero-order valence-corrected chi connectivity index (χ0v) is 18.2. The van der Waals surface area contributed by atoms with E-state index in [9.17, 15) is 9.18 Å². The van der Waals surface area contributed by atoms with Crippen molar-refractivity contribution >= 4 is 46.6 Å². The van der Waals surface area contributed by atoms with E-state index < -0.39 is 5.82 Å². The van der Waals surface area contributed by atoms with Gasteiger partial charge >= 0.3 is 0 Å². The lowest BCUT2D eigenvalue weighted by atomic mass is 9.91. The summed E-state index contributed by atoms with van der Waals surface area (Å²) in [4.78, 5) is 17.1. The highest BCUT2D eigenvalue weighted by Crippen LogP contribution is 2.25. The molecule has 1 amide bonds. The van der Waals surface area contributed by atoms with Gasteiger partial charge in [0, 0.05) is 28.1 Å². The first-order valence-corrected chi connectivity index (χ1v) is 10.3. The van der Waals surface area contributed by atoms with E-state index in [0.29, 0.717) is 6.04 Å². The Morgan fingerprint density at radius 2 is 1.77 bits per heavy atom. The van der Waals surface area contributed by atoms with E-state index in [-0.39, 0.29) is 34.9 Å². The Labute approximate surface area is 186 Å². The van der Waals surface area contributed by atoms with Crippen LogP contribution in [0.1, 0.15) is 41.6 Å². The number of carbonyl (C=O) groups is 1. The Morgan fingerprint density at radius 1 is 1.07 bits per heavy atom. The van der Waals surface area contributed by atoms with Crippen LogP contribution in [0.4, 0.5) is 10.2 Å². The van der Waals surface area contributed by atoms with Gasteiger partial charge in [-0.25, -0.2) is 9.37 Å². The van der Waals surface area contributed by atoms with Crippen LogP contribution < -0.4 is 10.6 Å². The summed E-state index contributed by atoms with van der Waals surface area (Å²) in [7, 11) is 0. The minimum absolute atomic E-state index is 0. The van der Waals surface area contributed by atoms with E-state index in [0.717, 1.165) is 37.0 Å². The van der Waals surface area contributed by atoms with Gasteiger partial charge in [-0.05, 0) is 68.5 Å². The smallest absolute Gasteiger partial charge is 0.251 e. The number of carbonyl (C=O) groups excluding carboxylic acids is 1. The fourth-order valence-corrected chi connectivity index (χ4v) is 4.19. The quantitative estimate of drug-likeness (QED) is 0.522. The van der Waals surface area contributed by atoms with Crippen molar-refractivity contribution in [3.05, 3.63) is 70.5 Å². The van der Waals surface area contributed by atoms with E-state index in [1.807, 2.05) is 18.2 Å². The first-order chi connectivity index (χ1) is 14.0. The third-order valence-electron chi connectivity index (χ3n) is 5.46. The molecule has 4 rings (SSSR count). The maximum absolute atomic E-state index is 13.5. The number of benzene rings is 2. The van der Waals surface area contributed by atoms with E-state index in [1.54, 1.807) is 0 Å². The Kier molecular flexibility index (Phi) is 7.16. The molecule has 2 N–H and O–H groups in total. The van der Waals surface area contributed by atoms with Crippen molar-refractivity contribution in [2.45, 2.75) is 44.7 Å². The minimum atomic E-state index is -0.506. The van der Waals surface area contributed by atoms with Crippen LogP contribution in [-0.2, 0) is 0 Å². The Morgan fingerprint density at radius 3 is 2.50 bits per heavy atom. The summed E-state index contributed by atoms with van der Waals surface area (Å²) >= 11 is 5.85. The number of halogens is 3. The monoisotopic (exact) mass is 447 g/mol. The third kappa shape index (κ3) is 5.21. The van der Waals surface area contributed by atoms with Crippen LogP contribution in [0.25, 0.3) is 10.9 Å². The lowest BCUT2D eigenvalue weighted by molar-refractivity contribution is 0.0926. The lowest BCUT2D eigenvalue weighted by Crippen LogP contribution is -2.40. The van der Waals surface area contributed by atoms with E-state index in [2.05, 4.69) is 29.7 Å². The molecule has 158 valence electrons. The van der Waals surface area contributed by atoms with Crippen molar-refractivity contribution in [3.8, 4) is 0 Å². The molecule has 7 heteroatoms. The normalized spacial score (nSPS) is 18.5. The molecular formula is C23H24Cl2FN3O. The number of rotatable bonds is 4. The maximum Gasteiger partial charge on any atom is 0.251 e. The number of aryl methyl sites for hydroxylation is 1. The van der Waals surface area contributed by atoms with Gasteiger partial charge in [0.25, 0.3) is 5.91 Å². The lowest BCUT2D eigenvalue weighted by Gasteiger charge is -2.30. The second-order valence-corrected chi connectivity index (χ2v) is 8.10. The second-order valence-electron chi connectivity index (χ2n) is 7.67. The Bertz CT molecular complexity index is 1030. The molecule has 0 bridgehead atoms. The summed E-state index contributed by atoms with van der Waals surface area (Å²) < 4.78 is 13.5. The van der Waals surface area contributed by atoms with E-state index >= 15 is 0 Å². The first kappa shape index (κ1) is 22.3. The molecule has 1 fully saturated rings. The predicted octanol–water partition coefficient (Wildman–Crippen LogP) is 5.91. The van der Waals surface area contributed by atoms with E-state index in [1.165, 1.54) is 29.1 Å². The van der Waals surface area contributed by atoms with Crippen LogP contribution in [0.2, 0.25) is 5.02 Å². The Balaban J connectivity index is 0.00000256. The van der Waals surface area contributed by atoms with Gasteiger partial charge in [0.15, 0.2) is 0 Å². The van der Waals surface area contributed by atoms with Gasteiger partial charge in [-0.3, -0.25) is 4.79 Å². The summed E-state index contributed by atoms with van der Waals surface area (Å²) in [6, 6.07) is 14.5. The molecule has 1 aromatic heterocycles. The zero-order chi connectivity index (χ0) is 20.4. The van der Waals surface area contributed by atoms with Crippen molar-refractivity contribution in [3.63, 3.8) is 0 Å². The summed E-state index contributed by atoms with van der Waals surface area (Å²) in [5.41, 5.74) is 2.45. The average molecular weight is 448 g/mol. The number of hydrogen-bond donors (Lipinski definition) is 2. The fourth-order valence-electron chi connectivity index (χ4n) is 3.97. The number of para-hydroxylation sites is 1. The van der Waals surface area contributed by atoms with Crippen LogP contribution in [0.3, 0.4) is 0 Å². The third-order valence-corrected chi connectivity index (χ3v) is 5.68. The van der Waals surface area contributed by atoms with Crippen LogP contribution >= 0.6 is 24.0 Å². The van der Waals surface area contributed by atoms with Gasteiger partial charge in [-0.15, -0.1) is 12.4 Å². The molecule has 2 aromatic carbocycles. The molecular weight excluding hydrogens is 424 g/mol. The molecule has 4 nitrogen and oxygen atoms in total. The topological polar surface area (TPSA) is 54.0 Å². The average Bonchev–Trinajstić information content (AvgIpc) is 2.69. The van der Waals surface area contributed by atoms with Crippen LogP contribution in [0, 0.1) is 12.7 Å². The second kappa shape index (κ2) is 9.63. The van der Waals surface area contributed by atoms with Crippen LogP contribution in [0.5, 0.6) is 0 Å². The van der Waals surface area contributed by atoms with Gasteiger partial charge in [-0.2, -0.15) is 0 Å². The van der Waals surface area contributed by atoms with Crippen LogP contribution in [-0.4, -0.2) is 23.0 Å². The number of aromatic nitrogens is 1. The molecule has 0 atom stereocenters. The zero-order valence-electron chi connectivity index (χ0n) is 16.6. The predicted molar refractivity (Wildman–Crippen MR) is 122 cm³/mol. The molecule has 0 spiro atoms. The highest BCUT2D eigenvalue weighted by atomic mass is 35.5. The Hall–Kier alpha value is -2.37. The summed E-state index contributed by atoms with van der Waals surface area (Å²) in [5.74, 6) is 0.103. The molecule has 0 aliphatic heterocycles. The molecule has 1 heterocycles. The van der Waals surface area contributed by atoms with Crippen molar-refractivity contribution in [1.82, 2.24) is 10.3 Å². The molecule has 0 saturated heterocycles. The first-order valence-electron chi connectivity index (χ1n) is 9.88. The molecule has 3 aromatic rings. The number of nitrogens with one attached hydrogen (secondary N) is 2. The number of anilines is 1. The van der Waals surface area contributed by atoms with Gasteiger partial charge in [0.2, 0.25) is 0 Å². The fraction of sp³-hybridized carbons (Fsp3) is 0.304. The van der Waals surface area contributed by atoms with Gasteiger partial charge in [0.1, 0.15) is 11.6 Å². The van der Waals surface area contributed by atoms with Crippen LogP contribution in [0.15, 0.2) is 48.5 Å². The van der Waals surface area contributed by atoms with Crippen molar-refractivity contribution in [1.29, 1.82) is 0 Å². The highest BCUT2D eigenvalue weighted by Gasteiger charge is 2.23. The molecule has 30 heavy (non-hydrogen) atoms. The van der Waals surface area contributed by atoms with Gasteiger partial charge in [-0.1, -0.05) is 29.8 Å². The highest BCUT2D eigenvalue weighted by molar-refractivity contribution is 6.31. The largest absolute Gasteiger partial charge is 0.367 e. The number of fused-ring (bicyclic) bond motifs is 1. The number of amides is 1. The molecule has 0 unspecified atom stereocenters. The SMILES string of the molecule is Cc1cc(N[C@H]2CC[C@@H](NC(=O)c3cc(F)cc(Cl)c3)CC2)nc2ccccc12.Cl.